The van der Waals surface area contributed by atoms with Crippen LogP contribution in [0.5, 0.6) is 11.5 Å². The maximum atomic E-state index is 8.98. The summed E-state index contributed by atoms with van der Waals surface area (Å²) in [5, 5.41) is 19.8. The lowest BCUT2D eigenvalue weighted by molar-refractivity contribution is 0.415. The molecule has 4 rings (SSSR count). The highest BCUT2D eigenvalue weighted by atomic mass is 32.1. The van der Waals surface area contributed by atoms with Crippen LogP contribution in [-0.4, -0.2) is 19.2 Å². The van der Waals surface area contributed by atoms with Crippen molar-refractivity contribution >= 4 is 33.8 Å². The van der Waals surface area contributed by atoms with E-state index in [9.17, 15) is 0 Å². The van der Waals surface area contributed by atoms with Crippen molar-refractivity contribution in [3.63, 3.8) is 0 Å². The standard InChI is InChI=1S/C28H22N4O2S/c1-19-28(35-27(31-19)22-6-4-20(5-7-22)16-21(17-29)18-30)32(23-8-12-25(33-2)13-9-23)24-10-14-26(34-3)15-11-24/h4-16H,1-3H3. The topological polar surface area (TPSA) is 82.2 Å². The molecule has 172 valence electrons. The van der Waals surface area contributed by atoms with Crippen molar-refractivity contribution in [3.8, 4) is 34.2 Å². The molecular formula is C28H22N4O2S. The number of aromatic nitrogens is 1. The van der Waals surface area contributed by atoms with Crippen LogP contribution >= 0.6 is 11.3 Å². The molecule has 1 heterocycles. The van der Waals surface area contributed by atoms with Crippen molar-refractivity contribution in [2.45, 2.75) is 6.92 Å². The van der Waals surface area contributed by atoms with Gasteiger partial charge in [0.15, 0.2) is 0 Å². The summed E-state index contributed by atoms with van der Waals surface area (Å²) in [7, 11) is 3.30. The third kappa shape index (κ3) is 5.16. The van der Waals surface area contributed by atoms with E-state index < -0.39 is 0 Å². The summed E-state index contributed by atoms with van der Waals surface area (Å²) in [6, 6.07) is 27.2. The summed E-state index contributed by atoms with van der Waals surface area (Å²) in [5.74, 6) is 1.57. The fraction of sp³-hybridized carbons (Fsp3) is 0.107. The third-order valence-electron chi connectivity index (χ3n) is 5.35. The van der Waals surface area contributed by atoms with E-state index in [-0.39, 0.29) is 5.57 Å². The van der Waals surface area contributed by atoms with Crippen LogP contribution in [0.25, 0.3) is 16.6 Å². The Kier molecular flexibility index (Phi) is 7.11. The minimum atomic E-state index is 0.0692. The molecule has 35 heavy (non-hydrogen) atoms. The van der Waals surface area contributed by atoms with Crippen molar-refractivity contribution in [1.82, 2.24) is 4.98 Å². The summed E-state index contributed by atoms with van der Waals surface area (Å²) < 4.78 is 10.7. The van der Waals surface area contributed by atoms with E-state index in [2.05, 4.69) is 4.90 Å². The van der Waals surface area contributed by atoms with Gasteiger partial charge in [-0.05, 0) is 67.1 Å². The van der Waals surface area contributed by atoms with Gasteiger partial charge in [0.25, 0.3) is 0 Å². The zero-order chi connectivity index (χ0) is 24.8. The van der Waals surface area contributed by atoms with E-state index in [4.69, 9.17) is 25.0 Å². The first kappa shape index (κ1) is 23.6. The fourth-order valence-corrected chi connectivity index (χ4v) is 4.66. The normalized spacial score (nSPS) is 10.1. The van der Waals surface area contributed by atoms with Crippen LogP contribution in [0.1, 0.15) is 11.3 Å². The molecule has 0 aliphatic rings. The Labute approximate surface area is 208 Å². The second kappa shape index (κ2) is 10.6. The van der Waals surface area contributed by atoms with Crippen LogP contribution in [-0.2, 0) is 0 Å². The smallest absolute Gasteiger partial charge is 0.130 e. The molecule has 0 aliphatic carbocycles. The van der Waals surface area contributed by atoms with E-state index in [1.807, 2.05) is 91.9 Å². The van der Waals surface area contributed by atoms with Gasteiger partial charge in [0.1, 0.15) is 39.2 Å². The zero-order valence-electron chi connectivity index (χ0n) is 19.5. The maximum Gasteiger partial charge on any atom is 0.130 e. The summed E-state index contributed by atoms with van der Waals surface area (Å²) in [6.07, 6.45) is 1.57. The number of rotatable bonds is 7. The molecule has 0 N–H and O–H groups in total. The van der Waals surface area contributed by atoms with Crippen LogP contribution in [0.3, 0.4) is 0 Å². The van der Waals surface area contributed by atoms with Gasteiger partial charge in [-0.25, -0.2) is 4.98 Å². The highest BCUT2D eigenvalue weighted by molar-refractivity contribution is 7.19. The number of aryl methyl sites for hydroxylation is 1. The molecule has 0 radical (unpaired) electrons. The largest absolute Gasteiger partial charge is 0.497 e. The maximum absolute atomic E-state index is 8.98. The number of allylic oxidation sites excluding steroid dienone is 1. The first-order chi connectivity index (χ1) is 17.1. The van der Waals surface area contributed by atoms with Crippen LogP contribution in [0.2, 0.25) is 0 Å². The van der Waals surface area contributed by atoms with Crippen molar-refractivity contribution in [2.24, 2.45) is 0 Å². The average molecular weight is 479 g/mol. The van der Waals surface area contributed by atoms with Gasteiger partial charge < -0.3 is 14.4 Å². The molecule has 0 fully saturated rings. The number of benzene rings is 3. The predicted molar refractivity (Wildman–Crippen MR) is 139 cm³/mol. The van der Waals surface area contributed by atoms with Crippen molar-refractivity contribution in [2.75, 3.05) is 19.1 Å². The molecule has 0 aliphatic heterocycles. The summed E-state index contributed by atoms with van der Waals surface area (Å²) >= 11 is 1.59. The lowest BCUT2D eigenvalue weighted by Gasteiger charge is -2.24. The molecule has 0 spiro atoms. The lowest BCUT2D eigenvalue weighted by atomic mass is 10.1. The van der Waals surface area contributed by atoms with Gasteiger partial charge in [-0.1, -0.05) is 35.6 Å². The van der Waals surface area contributed by atoms with E-state index in [1.54, 1.807) is 31.6 Å². The van der Waals surface area contributed by atoms with Gasteiger partial charge in [0.2, 0.25) is 0 Å². The van der Waals surface area contributed by atoms with E-state index in [1.165, 1.54) is 0 Å². The van der Waals surface area contributed by atoms with Crippen LogP contribution in [0.15, 0.2) is 78.4 Å². The number of methoxy groups -OCH3 is 2. The first-order valence-corrected chi connectivity index (χ1v) is 11.6. The van der Waals surface area contributed by atoms with Gasteiger partial charge in [-0.15, -0.1) is 0 Å². The van der Waals surface area contributed by atoms with Crippen LogP contribution in [0, 0.1) is 29.6 Å². The fourth-order valence-electron chi connectivity index (χ4n) is 3.54. The molecule has 3 aromatic carbocycles. The number of hydrogen-bond donors (Lipinski definition) is 0. The molecular weight excluding hydrogens is 456 g/mol. The minimum Gasteiger partial charge on any atom is -0.497 e. The zero-order valence-corrected chi connectivity index (χ0v) is 20.3. The Balaban J connectivity index is 1.74. The van der Waals surface area contributed by atoms with E-state index in [0.717, 1.165) is 49.7 Å². The Hall–Kier alpha value is -4.59. The summed E-state index contributed by atoms with van der Waals surface area (Å²) in [5.41, 5.74) is 4.68. The number of hydrogen-bond acceptors (Lipinski definition) is 7. The lowest BCUT2D eigenvalue weighted by Crippen LogP contribution is -2.09. The molecule has 0 unspecified atom stereocenters. The van der Waals surface area contributed by atoms with E-state index in [0.29, 0.717) is 0 Å². The quantitative estimate of drug-likeness (QED) is 0.265. The van der Waals surface area contributed by atoms with Crippen molar-refractivity contribution in [1.29, 1.82) is 10.5 Å². The summed E-state index contributed by atoms with van der Waals surface area (Å²) in [6.45, 7) is 2.00. The SMILES string of the molecule is COc1ccc(N(c2ccc(OC)cc2)c2sc(-c3ccc(C=C(C#N)C#N)cc3)nc2C)cc1. The van der Waals surface area contributed by atoms with Gasteiger partial charge in [-0.3, -0.25) is 0 Å². The number of thiazole rings is 1. The monoisotopic (exact) mass is 478 g/mol. The number of nitriles is 2. The molecule has 0 saturated heterocycles. The van der Waals surface area contributed by atoms with E-state index >= 15 is 0 Å². The molecule has 0 bridgehead atoms. The van der Waals surface area contributed by atoms with Gasteiger partial charge in [0.05, 0.1) is 19.9 Å². The minimum absolute atomic E-state index is 0.0692. The van der Waals surface area contributed by atoms with Gasteiger partial charge >= 0.3 is 0 Å². The molecule has 0 saturated carbocycles. The van der Waals surface area contributed by atoms with Crippen molar-refractivity contribution in [3.05, 3.63) is 89.6 Å². The molecule has 7 heteroatoms. The summed E-state index contributed by atoms with van der Waals surface area (Å²) in [4.78, 5) is 7.02. The van der Waals surface area contributed by atoms with Crippen molar-refractivity contribution < 1.29 is 9.47 Å². The first-order valence-electron chi connectivity index (χ1n) is 10.7. The van der Waals surface area contributed by atoms with Crippen LogP contribution < -0.4 is 14.4 Å². The third-order valence-corrected chi connectivity index (χ3v) is 6.54. The average Bonchev–Trinajstić information content (AvgIpc) is 3.29. The Morgan fingerprint density at radius 2 is 1.34 bits per heavy atom. The highest BCUT2D eigenvalue weighted by Crippen LogP contribution is 2.43. The number of anilines is 3. The van der Waals surface area contributed by atoms with Gasteiger partial charge in [-0.2, -0.15) is 10.5 Å². The predicted octanol–water partition coefficient (Wildman–Crippen LogP) is 7.04. The Bertz CT molecular complexity index is 1360. The molecule has 0 atom stereocenters. The molecule has 0 amide bonds. The Morgan fingerprint density at radius 3 is 1.80 bits per heavy atom. The second-order valence-electron chi connectivity index (χ2n) is 7.54. The Morgan fingerprint density at radius 1 is 0.829 bits per heavy atom. The molecule has 6 nitrogen and oxygen atoms in total. The molecule has 4 aromatic rings. The number of nitrogens with zero attached hydrogens (tertiary/aromatic N) is 4. The van der Waals surface area contributed by atoms with Gasteiger partial charge in [0, 0.05) is 16.9 Å². The highest BCUT2D eigenvalue weighted by Gasteiger charge is 2.20. The molecule has 1 aromatic heterocycles. The second-order valence-corrected chi connectivity index (χ2v) is 8.52. The number of ether oxygens (including phenoxy) is 2. The van der Waals surface area contributed by atoms with Crippen LogP contribution in [0.4, 0.5) is 16.4 Å².